The van der Waals surface area contributed by atoms with Crippen LogP contribution in [0, 0.1) is 6.92 Å². The average molecular weight is 623 g/mol. The number of hydrogen-bond donors (Lipinski definition) is 0. The number of imidazole rings is 1. The summed E-state index contributed by atoms with van der Waals surface area (Å²) < 4.78 is 2.26. The maximum atomic E-state index is 4.83. The molecule has 2 heteroatoms. The van der Waals surface area contributed by atoms with Crippen LogP contribution in [0.2, 0.25) is 0 Å². The fraction of sp³-hybridized carbons (Fsp3) is 0.0426. The van der Waals surface area contributed by atoms with Crippen LogP contribution >= 0.6 is 0 Å². The summed E-state index contributed by atoms with van der Waals surface area (Å²) in [6.45, 7) is 2.08. The maximum absolute atomic E-state index is 4.83. The second kappa shape index (κ2) is 9.65. The zero-order valence-electron chi connectivity index (χ0n) is 27.0. The normalized spacial score (nSPS) is 13.6. The van der Waals surface area contributed by atoms with Crippen molar-refractivity contribution >= 4 is 32.6 Å². The first-order valence-electron chi connectivity index (χ1n) is 17.1. The summed E-state index contributed by atoms with van der Waals surface area (Å²) in [5, 5.41) is 5.15. The van der Waals surface area contributed by atoms with E-state index in [-0.39, 0.29) is 0 Å². The second-order valence-electron chi connectivity index (χ2n) is 13.5. The molecule has 0 unspecified atom stereocenters. The van der Waals surface area contributed by atoms with E-state index < -0.39 is 5.41 Å². The summed E-state index contributed by atoms with van der Waals surface area (Å²) in [5.74, 6) is 0.988. The third kappa shape index (κ3) is 3.43. The minimum absolute atomic E-state index is 0.400. The number of rotatable bonds is 2. The van der Waals surface area contributed by atoms with Crippen LogP contribution in [0.3, 0.4) is 0 Å². The van der Waals surface area contributed by atoms with Crippen LogP contribution in [0.5, 0.6) is 0 Å². The lowest BCUT2D eigenvalue weighted by Crippen LogP contribution is -2.26. The van der Waals surface area contributed by atoms with Crippen molar-refractivity contribution in [1.29, 1.82) is 0 Å². The van der Waals surface area contributed by atoms with Gasteiger partial charge >= 0.3 is 0 Å². The number of fused-ring (bicyclic) bond motifs is 15. The Morgan fingerprint density at radius 1 is 0.490 bits per heavy atom. The fourth-order valence-electron chi connectivity index (χ4n) is 9.22. The molecule has 0 N–H and O–H groups in total. The first-order valence-corrected chi connectivity index (χ1v) is 17.1. The highest BCUT2D eigenvalue weighted by Gasteiger charge is 2.52. The Hall–Kier alpha value is -6.25. The highest BCUT2D eigenvalue weighted by Crippen LogP contribution is 2.65. The lowest BCUT2D eigenvalue weighted by Gasteiger charge is -2.31. The van der Waals surface area contributed by atoms with Crippen molar-refractivity contribution in [2.24, 2.45) is 0 Å². The van der Waals surface area contributed by atoms with E-state index in [1.165, 1.54) is 77.2 Å². The monoisotopic (exact) mass is 622 g/mol. The molecule has 0 atom stereocenters. The Kier molecular flexibility index (Phi) is 5.28. The Bertz CT molecular complexity index is 2810. The quantitative estimate of drug-likeness (QED) is 0.188. The van der Waals surface area contributed by atoms with Crippen molar-refractivity contribution < 1.29 is 0 Å². The van der Waals surface area contributed by atoms with Gasteiger partial charge in [0.2, 0.25) is 0 Å². The number of benzene rings is 8. The lowest BCUT2D eigenvalue weighted by atomic mass is 9.69. The average Bonchev–Trinajstić information content (AvgIpc) is 3.77. The zero-order valence-corrected chi connectivity index (χ0v) is 27.0. The van der Waals surface area contributed by atoms with Crippen molar-refractivity contribution in [3.8, 4) is 39.1 Å². The van der Waals surface area contributed by atoms with E-state index in [0.29, 0.717) is 0 Å². The molecule has 1 aromatic heterocycles. The molecule has 2 aliphatic carbocycles. The molecule has 49 heavy (non-hydrogen) atoms. The third-order valence-electron chi connectivity index (χ3n) is 11.1. The molecule has 1 heterocycles. The largest absolute Gasteiger partial charge is 0.297 e. The van der Waals surface area contributed by atoms with Gasteiger partial charge in [-0.15, -0.1) is 0 Å². The highest BCUT2D eigenvalue weighted by atomic mass is 15.1. The summed E-state index contributed by atoms with van der Waals surface area (Å²) in [5.41, 5.74) is 16.2. The summed E-state index contributed by atoms with van der Waals surface area (Å²) >= 11 is 0. The fourth-order valence-corrected chi connectivity index (χ4v) is 9.22. The van der Waals surface area contributed by atoms with E-state index in [0.717, 1.165) is 22.5 Å². The Morgan fingerprint density at radius 2 is 1.20 bits per heavy atom. The summed E-state index contributed by atoms with van der Waals surface area (Å²) in [4.78, 5) is 4.83. The van der Waals surface area contributed by atoms with Gasteiger partial charge in [-0.3, -0.25) is 4.57 Å². The molecule has 2 aliphatic rings. The predicted molar refractivity (Wildman–Crippen MR) is 203 cm³/mol. The van der Waals surface area contributed by atoms with E-state index in [1.54, 1.807) is 0 Å². The van der Waals surface area contributed by atoms with Crippen molar-refractivity contribution in [3.63, 3.8) is 0 Å². The Morgan fingerprint density at radius 3 is 2.06 bits per heavy atom. The van der Waals surface area contributed by atoms with E-state index >= 15 is 0 Å². The molecule has 8 aromatic carbocycles. The standard InChI is InChI=1S/C47H30N2/c1-29-48-43-19-8-9-20-44(43)49(29)34-13-10-12-31(28-34)32-21-24-36-33(27-32)22-25-39-45-35-14-3-2-11-30(35)23-26-42(45)47(46(36)39)40-17-6-4-15-37(40)38-16-5-7-18-41(38)47/h2-28H,1H3. The van der Waals surface area contributed by atoms with Gasteiger partial charge in [0, 0.05) is 5.69 Å². The molecular formula is C47H30N2. The number of aromatic nitrogens is 2. The summed E-state index contributed by atoms with van der Waals surface area (Å²) in [7, 11) is 0. The van der Waals surface area contributed by atoms with Crippen LogP contribution in [0.4, 0.5) is 0 Å². The van der Waals surface area contributed by atoms with Crippen LogP contribution in [0.25, 0.3) is 71.6 Å². The molecule has 0 saturated heterocycles. The maximum Gasteiger partial charge on any atom is 0.111 e. The molecule has 0 aliphatic heterocycles. The SMILES string of the molecule is Cc1nc2ccccc2n1-c1cccc(-c2ccc3c4c(ccc3c2)-c2c(ccc3ccccc23)C42c3ccccc3-c3ccccc32)c1. The third-order valence-corrected chi connectivity index (χ3v) is 11.1. The number of aryl methyl sites for hydroxylation is 1. The Balaban J connectivity index is 1.18. The minimum atomic E-state index is -0.400. The zero-order chi connectivity index (χ0) is 32.3. The molecule has 0 saturated carbocycles. The highest BCUT2D eigenvalue weighted by molar-refractivity contribution is 6.11. The molecular weight excluding hydrogens is 593 g/mol. The molecule has 1 spiro atoms. The van der Waals surface area contributed by atoms with Gasteiger partial charge in [-0.1, -0.05) is 133 Å². The van der Waals surface area contributed by atoms with Crippen LogP contribution in [0.15, 0.2) is 164 Å². The molecule has 0 fully saturated rings. The van der Waals surface area contributed by atoms with E-state index in [4.69, 9.17) is 4.98 Å². The van der Waals surface area contributed by atoms with Crippen molar-refractivity contribution in [1.82, 2.24) is 9.55 Å². The molecule has 228 valence electrons. The Labute approximate surface area is 284 Å². The predicted octanol–water partition coefficient (Wildman–Crippen LogP) is 11.7. The van der Waals surface area contributed by atoms with Crippen LogP contribution in [-0.2, 0) is 5.41 Å². The van der Waals surface area contributed by atoms with Crippen molar-refractivity contribution in [2.45, 2.75) is 12.3 Å². The first-order chi connectivity index (χ1) is 24.2. The molecule has 0 bridgehead atoms. The van der Waals surface area contributed by atoms with E-state index in [2.05, 4.69) is 175 Å². The minimum Gasteiger partial charge on any atom is -0.297 e. The summed E-state index contributed by atoms with van der Waals surface area (Å²) in [6, 6.07) is 60.8. The van der Waals surface area contributed by atoms with Crippen LogP contribution in [0.1, 0.15) is 28.1 Å². The topological polar surface area (TPSA) is 17.8 Å². The molecule has 11 rings (SSSR count). The molecule has 0 radical (unpaired) electrons. The molecule has 2 nitrogen and oxygen atoms in total. The van der Waals surface area contributed by atoms with Gasteiger partial charge < -0.3 is 0 Å². The second-order valence-corrected chi connectivity index (χ2v) is 13.5. The van der Waals surface area contributed by atoms with E-state index in [9.17, 15) is 0 Å². The van der Waals surface area contributed by atoms with Gasteiger partial charge in [-0.05, 0) is 114 Å². The van der Waals surface area contributed by atoms with Crippen molar-refractivity contribution in [3.05, 3.63) is 192 Å². The number of nitrogens with zero attached hydrogens (tertiary/aromatic N) is 2. The van der Waals surface area contributed by atoms with Gasteiger partial charge in [0.1, 0.15) is 5.82 Å². The van der Waals surface area contributed by atoms with Gasteiger partial charge in [0.15, 0.2) is 0 Å². The van der Waals surface area contributed by atoms with E-state index in [1.807, 2.05) is 0 Å². The van der Waals surface area contributed by atoms with Crippen LogP contribution < -0.4 is 0 Å². The smallest absolute Gasteiger partial charge is 0.111 e. The molecule has 9 aromatic rings. The van der Waals surface area contributed by atoms with Gasteiger partial charge in [-0.25, -0.2) is 4.98 Å². The van der Waals surface area contributed by atoms with Crippen LogP contribution in [-0.4, -0.2) is 9.55 Å². The number of hydrogen-bond acceptors (Lipinski definition) is 1. The van der Waals surface area contributed by atoms with Crippen molar-refractivity contribution in [2.75, 3.05) is 0 Å². The van der Waals surface area contributed by atoms with Gasteiger partial charge in [-0.2, -0.15) is 0 Å². The lowest BCUT2D eigenvalue weighted by molar-refractivity contribution is 0.802. The first kappa shape index (κ1) is 26.8. The number of para-hydroxylation sites is 2. The summed E-state index contributed by atoms with van der Waals surface area (Å²) in [6.07, 6.45) is 0. The molecule has 0 amide bonds. The van der Waals surface area contributed by atoms with Gasteiger partial charge in [0.25, 0.3) is 0 Å². The van der Waals surface area contributed by atoms with Gasteiger partial charge in [0.05, 0.1) is 16.4 Å².